The van der Waals surface area contributed by atoms with Gasteiger partial charge in [-0.2, -0.15) is 0 Å². The number of benzene rings is 1. The van der Waals surface area contributed by atoms with Crippen molar-refractivity contribution in [3.63, 3.8) is 0 Å². The Morgan fingerprint density at radius 3 is 2.93 bits per heavy atom. The maximum Gasteiger partial charge on any atom is 0.225 e. The highest BCUT2D eigenvalue weighted by atomic mass is 79.9. The normalized spacial score (nSPS) is 9.93. The molecule has 1 rings (SSSR count). The van der Waals surface area contributed by atoms with E-state index in [-0.39, 0.29) is 5.91 Å². The molecule has 0 aliphatic rings. The molecule has 0 saturated carbocycles. The molecule has 1 amide bonds. The molecule has 0 fully saturated rings. The van der Waals surface area contributed by atoms with Gasteiger partial charge in [-0.25, -0.2) is 0 Å². The van der Waals surface area contributed by atoms with E-state index in [1.165, 1.54) is 0 Å². The van der Waals surface area contributed by atoms with E-state index in [9.17, 15) is 4.79 Å². The second-order valence-corrected chi connectivity index (χ2v) is 4.00. The highest BCUT2D eigenvalue weighted by Crippen LogP contribution is 2.25. The SMILES string of the molecule is NCCC(=O)Nc1cc(Cl)ccc1Br. The Morgan fingerprint density at radius 1 is 1.57 bits per heavy atom. The largest absolute Gasteiger partial charge is 0.330 e. The lowest BCUT2D eigenvalue weighted by Gasteiger charge is -2.06. The number of hydrogen-bond acceptors (Lipinski definition) is 2. The van der Waals surface area contributed by atoms with Crippen molar-refractivity contribution in [2.75, 3.05) is 11.9 Å². The second kappa shape index (κ2) is 5.34. The summed E-state index contributed by atoms with van der Waals surface area (Å²) < 4.78 is 0.798. The minimum Gasteiger partial charge on any atom is -0.330 e. The lowest BCUT2D eigenvalue weighted by molar-refractivity contribution is -0.116. The Labute approximate surface area is 95.7 Å². The molecule has 0 saturated heterocycles. The van der Waals surface area contributed by atoms with Crippen molar-refractivity contribution in [2.24, 2.45) is 5.73 Å². The minimum absolute atomic E-state index is 0.115. The highest BCUT2D eigenvalue weighted by Gasteiger charge is 2.04. The molecule has 5 heteroatoms. The summed E-state index contributed by atoms with van der Waals surface area (Å²) in [5, 5.41) is 3.28. The molecule has 14 heavy (non-hydrogen) atoms. The van der Waals surface area contributed by atoms with E-state index in [0.29, 0.717) is 23.7 Å². The molecule has 76 valence electrons. The summed E-state index contributed by atoms with van der Waals surface area (Å²) in [7, 11) is 0. The number of anilines is 1. The smallest absolute Gasteiger partial charge is 0.225 e. The quantitative estimate of drug-likeness (QED) is 0.891. The molecule has 3 N–H and O–H groups in total. The third-order valence-corrected chi connectivity index (χ3v) is 2.50. The van der Waals surface area contributed by atoms with Crippen LogP contribution in [0.2, 0.25) is 5.02 Å². The first-order chi connectivity index (χ1) is 6.63. The zero-order valence-electron chi connectivity index (χ0n) is 7.39. The Bertz CT molecular complexity index is 344. The maximum atomic E-state index is 11.2. The van der Waals surface area contributed by atoms with E-state index < -0.39 is 0 Å². The topological polar surface area (TPSA) is 55.1 Å². The molecular weight excluding hydrogens is 267 g/mol. The van der Waals surface area contributed by atoms with Crippen LogP contribution in [0.3, 0.4) is 0 Å². The van der Waals surface area contributed by atoms with Gasteiger partial charge in [0, 0.05) is 22.5 Å². The van der Waals surface area contributed by atoms with Gasteiger partial charge in [-0.05, 0) is 34.1 Å². The summed E-state index contributed by atoms with van der Waals surface area (Å²) in [5.74, 6) is -0.115. The summed E-state index contributed by atoms with van der Waals surface area (Å²) in [4.78, 5) is 11.2. The second-order valence-electron chi connectivity index (χ2n) is 2.71. The molecule has 0 radical (unpaired) electrons. The fourth-order valence-electron chi connectivity index (χ4n) is 0.937. The van der Waals surface area contributed by atoms with Gasteiger partial charge in [0.1, 0.15) is 0 Å². The number of rotatable bonds is 3. The van der Waals surface area contributed by atoms with Crippen molar-refractivity contribution in [2.45, 2.75) is 6.42 Å². The van der Waals surface area contributed by atoms with Gasteiger partial charge in [0.25, 0.3) is 0 Å². The van der Waals surface area contributed by atoms with Crippen molar-refractivity contribution in [1.29, 1.82) is 0 Å². The lowest BCUT2D eigenvalue weighted by atomic mass is 10.3. The third-order valence-electron chi connectivity index (χ3n) is 1.57. The molecule has 0 heterocycles. The Kier molecular flexibility index (Phi) is 4.38. The summed E-state index contributed by atoms with van der Waals surface area (Å²) in [5.41, 5.74) is 5.92. The number of carbonyl (C=O) groups excluding carboxylic acids is 1. The molecule has 0 aliphatic heterocycles. The number of halogens is 2. The van der Waals surface area contributed by atoms with Gasteiger partial charge in [-0.1, -0.05) is 11.6 Å². The van der Waals surface area contributed by atoms with Gasteiger partial charge >= 0.3 is 0 Å². The van der Waals surface area contributed by atoms with E-state index >= 15 is 0 Å². The van der Waals surface area contributed by atoms with Crippen LogP contribution in [0.4, 0.5) is 5.69 Å². The number of carbonyl (C=O) groups is 1. The molecule has 0 aromatic heterocycles. The van der Waals surface area contributed by atoms with E-state index in [1.54, 1.807) is 18.2 Å². The Morgan fingerprint density at radius 2 is 2.29 bits per heavy atom. The van der Waals surface area contributed by atoms with Gasteiger partial charge in [0.15, 0.2) is 0 Å². The van der Waals surface area contributed by atoms with Crippen LogP contribution < -0.4 is 11.1 Å². The number of amides is 1. The fraction of sp³-hybridized carbons (Fsp3) is 0.222. The summed E-state index contributed by atoms with van der Waals surface area (Å²) in [6, 6.07) is 5.20. The standard InChI is InChI=1S/C9H10BrClN2O/c10-7-2-1-6(11)5-8(7)13-9(14)3-4-12/h1-2,5H,3-4,12H2,(H,13,14). The van der Waals surface area contributed by atoms with E-state index in [1.807, 2.05) is 0 Å². The molecule has 0 atom stereocenters. The van der Waals surface area contributed by atoms with Crippen LogP contribution in [-0.4, -0.2) is 12.5 Å². The van der Waals surface area contributed by atoms with Crippen LogP contribution in [0.25, 0.3) is 0 Å². The van der Waals surface area contributed by atoms with Crippen LogP contribution in [-0.2, 0) is 4.79 Å². The van der Waals surface area contributed by atoms with Crippen molar-refractivity contribution < 1.29 is 4.79 Å². The Hall–Kier alpha value is -0.580. The number of hydrogen-bond donors (Lipinski definition) is 2. The van der Waals surface area contributed by atoms with Gasteiger partial charge in [-0.15, -0.1) is 0 Å². The number of nitrogens with two attached hydrogens (primary N) is 1. The van der Waals surface area contributed by atoms with Gasteiger partial charge in [-0.3, -0.25) is 4.79 Å². The van der Waals surface area contributed by atoms with Crippen LogP contribution in [0.15, 0.2) is 22.7 Å². The predicted molar refractivity (Wildman–Crippen MR) is 61.5 cm³/mol. The predicted octanol–water partition coefficient (Wildman–Crippen LogP) is 2.39. The molecule has 1 aromatic carbocycles. The molecule has 0 bridgehead atoms. The molecule has 0 unspecified atom stereocenters. The van der Waals surface area contributed by atoms with Crippen LogP contribution in [0, 0.1) is 0 Å². The summed E-state index contributed by atoms with van der Waals surface area (Å²) in [6.45, 7) is 0.337. The van der Waals surface area contributed by atoms with Crippen molar-refractivity contribution >= 4 is 39.1 Å². The maximum absolute atomic E-state index is 11.2. The van der Waals surface area contributed by atoms with Crippen molar-refractivity contribution in [3.8, 4) is 0 Å². The monoisotopic (exact) mass is 276 g/mol. The average molecular weight is 278 g/mol. The molecule has 0 spiro atoms. The first-order valence-corrected chi connectivity index (χ1v) is 5.25. The summed E-state index contributed by atoms with van der Waals surface area (Å²) in [6.07, 6.45) is 0.305. The zero-order chi connectivity index (χ0) is 10.6. The minimum atomic E-state index is -0.115. The van der Waals surface area contributed by atoms with Gasteiger partial charge < -0.3 is 11.1 Å². The molecule has 1 aromatic rings. The van der Waals surface area contributed by atoms with Crippen molar-refractivity contribution in [3.05, 3.63) is 27.7 Å². The lowest BCUT2D eigenvalue weighted by Crippen LogP contribution is -2.16. The zero-order valence-corrected chi connectivity index (χ0v) is 9.73. The summed E-state index contributed by atoms with van der Waals surface area (Å²) >= 11 is 9.09. The molecule has 0 aliphatic carbocycles. The first kappa shape index (κ1) is 11.5. The van der Waals surface area contributed by atoms with E-state index in [2.05, 4.69) is 21.2 Å². The van der Waals surface area contributed by atoms with E-state index in [4.69, 9.17) is 17.3 Å². The highest BCUT2D eigenvalue weighted by molar-refractivity contribution is 9.10. The fourth-order valence-corrected chi connectivity index (χ4v) is 1.45. The molecular formula is C9H10BrClN2O. The Balaban J connectivity index is 2.75. The van der Waals surface area contributed by atoms with E-state index in [0.717, 1.165) is 4.47 Å². The van der Waals surface area contributed by atoms with Gasteiger partial charge in [0.2, 0.25) is 5.91 Å². The van der Waals surface area contributed by atoms with Crippen molar-refractivity contribution in [1.82, 2.24) is 0 Å². The van der Waals surface area contributed by atoms with Gasteiger partial charge in [0.05, 0.1) is 5.69 Å². The van der Waals surface area contributed by atoms with Crippen LogP contribution in [0.1, 0.15) is 6.42 Å². The third kappa shape index (κ3) is 3.29. The van der Waals surface area contributed by atoms with Crippen LogP contribution in [0.5, 0.6) is 0 Å². The number of nitrogens with one attached hydrogen (secondary N) is 1. The molecule has 3 nitrogen and oxygen atoms in total. The first-order valence-electron chi connectivity index (χ1n) is 4.08. The average Bonchev–Trinajstić information content (AvgIpc) is 2.12. The van der Waals surface area contributed by atoms with Crippen LogP contribution >= 0.6 is 27.5 Å².